The lowest BCUT2D eigenvalue weighted by molar-refractivity contribution is 0.912. The van der Waals surface area contributed by atoms with E-state index in [0.29, 0.717) is 0 Å². The van der Waals surface area contributed by atoms with Crippen LogP contribution < -0.4 is 0 Å². The summed E-state index contributed by atoms with van der Waals surface area (Å²) in [4.78, 5) is 4.27. The largest absolute Gasteiger partial charge is 0.264 e. The Morgan fingerprint density at radius 3 is 2.71 bits per heavy atom. The van der Waals surface area contributed by atoms with E-state index in [2.05, 4.69) is 23.2 Å². The molecule has 0 aliphatic rings. The molecule has 1 aromatic heterocycles. The smallest absolute Gasteiger partial charge is 0.248 e. The lowest BCUT2D eigenvalue weighted by atomic mass is 10.0. The quantitative estimate of drug-likeness (QED) is 0.585. The van der Waals surface area contributed by atoms with Crippen molar-refractivity contribution in [1.29, 1.82) is 0 Å². The third-order valence-corrected chi connectivity index (χ3v) is 5.18. The van der Waals surface area contributed by atoms with E-state index in [1.165, 1.54) is 16.3 Å². The summed E-state index contributed by atoms with van der Waals surface area (Å²) in [5.74, 6) is 0. The normalized spacial score (nSPS) is 11.9. The van der Waals surface area contributed by atoms with Gasteiger partial charge in [-0.05, 0) is 36.4 Å². The second-order valence-electron chi connectivity index (χ2n) is 4.44. The van der Waals surface area contributed by atoms with Gasteiger partial charge < -0.3 is 0 Å². The van der Waals surface area contributed by atoms with Crippen LogP contribution in [-0.2, 0) is 6.42 Å². The van der Waals surface area contributed by atoms with E-state index >= 15 is 0 Å². The Balaban J connectivity index is 2.13. The van der Waals surface area contributed by atoms with Gasteiger partial charge in [-0.2, -0.15) is 0 Å². The fourth-order valence-electron chi connectivity index (χ4n) is 1.97. The lowest BCUT2D eigenvalue weighted by Gasteiger charge is -2.10. The monoisotopic (exact) mass is 283 g/mol. The molecule has 17 heavy (non-hydrogen) atoms. The van der Waals surface area contributed by atoms with E-state index in [4.69, 9.17) is 22.2 Å². The molecule has 1 nitrogen and oxygen atoms in total. The van der Waals surface area contributed by atoms with Crippen LogP contribution in [0.2, 0.25) is 12.6 Å². The van der Waals surface area contributed by atoms with Gasteiger partial charge in [-0.3, -0.25) is 4.98 Å². The Labute approximate surface area is 112 Å². The number of rotatable bonds is 4. The van der Waals surface area contributed by atoms with Crippen molar-refractivity contribution in [1.82, 2.24) is 4.98 Å². The molecule has 0 fully saturated rings. The second-order valence-corrected chi connectivity index (χ2v) is 12.7. The number of hydrogen-bond acceptors (Lipinski definition) is 1. The molecule has 0 saturated carbocycles. The van der Waals surface area contributed by atoms with Gasteiger partial charge >= 0.3 is 0 Å². The molecule has 0 N–H and O–H groups in total. The standard InChI is InChI=1S/C13H15Cl2NSi/c1-17(14,15)8-4-6-12-10-16-9-11-5-2-3-7-13(11)12/h2-3,5,7,9-10H,4,6,8H2,1H3. The first kappa shape index (κ1) is 12.9. The Kier molecular flexibility index (Phi) is 4.07. The zero-order chi connectivity index (χ0) is 12.3. The minimum Gasteiger partial charge on any atom is -0.264 e. The van der Waals surface area contributed by atoms with Crippen molar-refractivity contribution in [3.63, 3.8) is 0 Å². The lowest BCUT2D eigenvalue weighted by Crippen LogP contribution is -2.12. The van der Waals surface area contributed by atoms with Crippen LogP contribution in [0.5, 0.6) is 0 Å². The molecule has 0 bridgehead atoms. The molecule has 0 aliphatic carbocycles. The Morgan fingerprint density at radius 1 is 1.18 bits per heavy atom. The van der Waals surface area contributed by atoms with E-state index in [1.807, 2.05) is 25.0 Å². The number of benzene rings is 1. The average molecular weight is 284 g/mol. The van der Waals surface area contributed by atoms with Gasteiger partial charge in [-0.15, -0.1) is 22.2 Å². The minimum absolute atomic E-state index is 0.930. The van der Waals surface area contributed by atoms with Crippen molar-refractivity contribution in [2.24, 2.45) is 0 Å². The predicted octanol–water partition coefficient (Wildman–Crippen LogP) is 4.72. The molecule has 0 atom stereocenters. The summed E-state index contributed by atoms with van der Waals surface area (Å²) in [6.07, 6.45) is 5.88. The van der Waals surface area contributed by atoms with Crippen LogP contribution >= 0.6 is 22.2 Å². The highest BCUT2D eigenvalue weighted by Crippen LogP contribution is 2.24. The summed E-state index contributed by atoms with van der Waals surface area (Å²) in [5.41, 5.74) is 1.29. The maximum Gasteiger partial charge on any atom is 0.248 e. The molecule has 1 aromatic carbocycles. The van der Waals surface area contributed by atoms with Gasteiger partial charge in [-0.1, -0.05) is 24.3 Å². The SMILES string of the molecule is C[Si](Cl)(Cl)CCCc1cncc2ccccc12. The van der Waals surface area contributed by atoms with Crippen molar-refractivity contribution >= 4 is 39.6 Å². The summed E-state index contributed by atoms with van der Waals surface area (Å²) in [6, 6.07) is 9.26. The van der Waals surface area contributed by atoms with Gasteiger partial charge in [0.15, 0.2) is 0 Å². The van der Waals surface area contributed by atoms with E-state index < -0.39 is 6.69 Å². The molecule has 90 valence electrons. The molecule has 4 heteroatoms. The van der Waals surface area contributed by atoms with Gasteiger partial charge in [0.25, 0.3) is 0 Å². The van der Waals surface area contributed by atoms with E-state index in [9.17, 15) is 0 Å². The van der Waals surface area contributed by atoms with Crippen LogP contribution in [0.25, 0.3) is 10.8 Å². The molecule has 0 amide bonds. The molecule has 0 spiro atoms. The highest BCUT2D eigenvalue weighted by Gasteiger charge is 2.19. The van der Waals surface area contributed by atoms with Crippen molar-refractivity contribution in [2.45, 2.75) is 25.4 Å². The number of halogens is 2. The van der Waals surface area contributed by atoms with Crippen molar-refractivity contribution in [3.05, 3.63) is 42.2 Å². The summed E-state index contributed by atoms with van der Waals surface area (Å²) >= 11 is 12.2. The summed E-state index contributed by atoms with van der Waals surface area (Å²) in [7, 11) is 0. The van der Waals surface area contributed by atoms with Crippen LogP contribution in [-0.4, -0.2) is 11.7 Å². The maximum absolute atomic E-state index is 6.11. The molecule has 0 radical (unpaired) electrons. The first-order valence-electron chi connectivity index (χ1n) is 5.76. The maximum atomic E-state index is 6.11. The number of aryl methyl sites for hydroxylation is 1. The van der Waals surface area contributed by atoms with Gasteiger partial charge in [0.05, 0.1) is 0 Å². The molecule has 2 aromatic rings. The molecule has 2 rings (SSSR count). The second kappa shape index (κ2) is 5.38. The molecule has 0 saturated heterocycles. The number of nitrogens with zero attached hydrogens (tertiary/aromatic N) is 1. The predicted molar refractivity (Wildman–Crippen MR) is 78.2 cm³/mol. The summed E-state index contributed by atoms with van der Waals surface area (Å²) < 4.78 is 0. The van der Waals surface area contributed by atoms with Gasteiger partial charge in [0.2, 0.25) is 6.69 Å². The zero-order valence-corrected chi connectivity index (χ0v) is 12.3. The van der Waals surface area contributed by atoms with Crippen molar-refractivity contribution in [2.75, 3.05) is 0 Å². The number of hydrogen-bond donors (Lipinski definition) is 0. The molecule has 0 unspecified atom stereocenters. The van der Waals surface area contributed by atoms with Gasteiger partial charge in [-0.25, -0.2) is 0 Å². The van der Waals surface area contributed by atoms with Crippen LogP contribution in [0.3, 0.4) is 0 Å². The average Bonchev–Trinajstić information content (AvgIpc) is 2.28. The topological polar surface area (TPSA) is 12.9 Å². The van der Waals surface area contributed by atoms with Gasteiger partial charge in [0.1, 0.15) is 0 Å². The fraction of sp³-hybridized carbons (Fsp3) is 0.308. The Bertz CT molecular complexity index is 503. The number of fused-ring (bicyclic) bond motifs is 1. The Hall–Kier alpha value is -0.573. The van der Waals surface area contributed by atoms with Crippen LogP contribution in [0.15, 0.2) is 36.7 Å². The van der Waals surface area contributed by atoms with Crippen LogP contribution in [0.1, 0.15) is 12.0 Å². The fourth-order valence-corrected chi connectivity index (χ4v) is 3.57. The van der Waals surface area contributed by atoms with E-state index in [0.717, 1.165) is 18.9 Å². The van der Waals surface area contributed by atoms with E-state index in [1.54, 1.807) is 0 Å². The summed E-state index contributed by atoms with van der Waals surface area (Å²) in [6.45, 7) is 0.0152. The zero-order valence-electron chi connectivity index (χ0n) is 9.79. The number of pyridine rings is 1. The minimum atomic E-state index is -1.95. The molecule has 0 aliphatic heterocycles. The molecular formula is C13H15Cl2NSi. The number of aromatic nitrogens is 1. The first-order valence-corrected chi connectivity index (χ1v) is 10.5. The van der Waals surface area contributed by atoms with Crippen LogP contribution in [0, 0.1) is 0 Å². The van der Waals surface area contributed by atoms with Crippen molar-refractivity contribution < 1.29 is 0 Å². The first-order chi connectivity index (χ1) is 8.06. The third-order valence-electron chi connectivity index (χ3n) is 2.81. The molecule has 1 heterocycles. The summed E-state index contributed by atoms with van der Waals surface area (Å²) in [5, 5.41) is 2.48. The van der Waals surface area contributed by atoms with Gasteiger partial charge in [0, 0.05) is 17.8 Å². The Morgan fingerprint density at radius 2 is 1.94 bits per heavy atom. The highest BCUT2D eigenvalue weighted by atomic mass is 35.7. The van der Waals surface area contributed by atoms with Crippen molar-refractivity contribution in [3.8, 4) is 0 Å². The third kappa shape index (κ3) is 3.70. The van der Waals surface area contributed by atoms with Crippen LogP contribution in [0.4, 0.5) is 0 Å². The molecular weight excluding hydrogens is 269 g/mol. The highest BCUT2D eigenvalue weighted by molar-refractivity contribution is 7.44. The van der Waals surface area contributed by atoms with E-state index in [-0.39, 0.29) is 0 Å².